The molecule has 0 aliphatic carbocycles. The van der Waals surface area contributed by atoms with E-state index < -0.39 is 17.7 Å². The zero-order chi connectivity index (χ0) is 16.8. The van der Waals surface area contributed by atoms with Gasteiger partial charge in [0.2, 0.25) is 0 Å². The molecule has 0 spiro atoms. The minimum atomic E-state index is -4.41. The van der Waals surface area contributed by atoms with Crippen LogP contribution in [0.5, 0.6) is 0 Å². The van der Waals surface area contributed by atoms with Gasteiger partial charge >= 0.3 is 12.1 Å². The van der Waals surface area contributed by atoms with Crippen LogP contribution in [0.3, 0.4) is 0 Å². The van der Waals surface area contributed by atoms with Crippen LogP contribution in [0.2, 0.25) is 0 Å². The summed E-state index contributed by atoms with van der Waals surface area (Å²) in [5, 5.41) is 13.1. The average molecular weight is 321 g/mol. The molecule has 0 bridgehead atoms. The van der Waals surface area contributed by atoms with Crippen LogP contribution in [0.1, 0.15) is 21.6 Å². The SMILES string of the molecule is Cc1cc(-c2ccc(C(F)(F)F)cc2)nc2c(C(=O)O)cnn12. The second-order valence-electron chi connectivity index (χ2n) is 4.96. The van der Waals surface area contributed by atoms with Crippen LogP contribution in [-0.2, 0) is 6.18 Å². The van der Waals surface area contributed by atoms with E-state index in [0.29, 0.717) is 17.0 Å². The minimum Gasteiger partial charge on any atom is -0.477 e. The highest BCUT2D eigenvalue weighted by Crippen LogP contribution is 2.31. The number of hydrogen-bond donors (Lipinski definition) is 1. The van der Waals surface area contributed by atoms with Crippen LogP contribution in [0.4, 0.5) is 13.2 Å². The van der Waals surface area contributed by atoms with Crippen LogP contribution in [-0.4, -0.2) is 25.7 Å². The Balaban J connectivity index is 2.13. The van der Waals surface area contributed by atoms with Gasteiger partial charge in [0, 0.05) is 11.3 Å². The zero-order valence-corrected chi connectivity index (χ0v) is 11.8. The molecular weight excluding hydrogens is 311 g/mol. The third-order valence-electron chi connectivity index (χ3n) is 3.39. The van der Waals surface area contributed by atoms with Gasteiger partial charge in [-0.25, -0.2) is 14.3 Å². The largest absolute Gasteiger partial charge is 0.477 e. The third kappa shape index (κ3) is 2.63. The average Bonchev–Trinajstić information content (AvgIpc) is 2.91. The Morgan fingerprint density at radius 3 is 2.43 bits per heavy atom. The molecule has 8 heteroatoms. The maximum absolute atomic E-state index is 12.6. The van der Waals surface area contributed by atoms with Gasteiger partial charge < -0.3 is 5.11 Å². The first kappa shape index (κ1) is 15.0. The van der Waals surface area contributed by atoms with E-state index in [0.717, 1.165) is 12.1 Å². The number of nitrogens with zero attached hydrogens (tertiary/aromatic N) is 3. The zero-order valence-electron chi connectivity index (χ0n) is 11.8. The summed E-state index contributed by atoms with van der Waals surface area (Å²) >= 11 is 0. The summed E-state index contributed by atoms with van der Waals surface area (Å²) in [6.07, 6.45) is -3.22. The summed E-state index contributed by atoms with van der Waals surface area (Å²) in [5.41, 5.74) is 0.786. The van der Waals surface area contributed by atoms with E-state index in [2.05, 4.69) is 10.1 Å². The monoisotopic (exact) mass is 321 g/mol. The van der Waals surface area contributed by atoms with Crippen LogP contribution < -0.4 is 0 Å². The highest BCUT2D eigenvalue weighted by atomic mass is 19.4. The van der Waals surface area contributed by atoms with Crippen molar-refractivity contribution in [2.45, 2.75) is 13.1 Å². The highest BCUT2D eigenvalue weighted by molar-refractivity contribution is 5.94. The summed E-state index contributed by atoms with van der Waals surface area (Å²) in [6, 6.07) is 6.17. The number of halogens is 3. The number of hydrogen-bond acceptors (Lipinski definition) is 3. The van der Waals surface area contributed by atoms with E-state index in [9.17, 15) is 18.0 Å². The fraction of sp³-hybridized carbons (Fsp3) is 0.133. The number of aromatic carboxylic acids is 1. The lowest BCUT2D eigenvalue weighted by molar-refractivity contribution is -0.137. The van der Waals surface area contributed by atoms with Crippen molar-refractivity contribution in [3.63, 3.8) is 0 Å². The Kier molecular flexibility index (Phi) is 3.32. The normalized spacial score (nSPS) is 11.8. The molecule has 118 valence electrons. The van der Waals surface area contributed by atoms with Crippen LogP contribution in [0.25, 0.3) is 16.9 Å². The summed E-state index contributed by atoms with van der Waals surface area (Å²) < 4.78 is 39.2. The van der Waals surface area contributed by atoms with Gasteiger partial charge in [0.05, 0.1) is 17.5 Å². The van der Waals surface area contributed by atoms with Crippen molar-refractivity contribution in [1.29, 1.82) is 0 Å². The number of fused-ring (bicyclic) bond motifs is 1. The Hall–Kier alpha value is -2.90. The molecule has 23 heavy (non-hydrogen) atoms. The number of carboxylic acid groups (broad SMARTS) is 1. The number of aromatic nitrogens is 3. The van der Waals surface area contributed by atoms with Crippen molar-refractivity contribution in [3.05, 3.63) is 53.3 Å². The molecule has 0 amide bonds. The van der Waals surface area contributed by atoms with Gasteiger partial charge in [-0.1, -0.05) is 12.1 Å². The van der Waals surface area contributed by atoms with Crippen LogP contribution in [0, 0.1) is 6.92 Å². The predicted octanol–water partition coefficient (Wildman–Crippen LogP) is 3.42. The van der Waals surface area contributed by atoms with Crippen LogP contribution >= 0.6 is 0 Å². The van der Waals surface area contributed by atoms with Gasteiger partial charge in [0.1, 0.15) is 5.56 Å². The Morgan fingerprint density at radius 2 is 1.87 bits per heavy atom. The Labute approximate surface area is 128 Å². The quantitative estimate of drug-likeness (QED) is 0.785. The van der Waals surface area contributed by atoms with Crippen molar-refractivity contribution in [1.82, 2.24) is 14.6 Å². The van der Waals surface area contributed by atoms with Crippen molar-refractivity contribution in [2.24, 2.45) is 0 Å². The van der Waals surface area contributed by atoms with E-state index in [4.69, 9.17) is 5.11 Å². The standard InChI is InChI=1S/C15H10F3N3O2/c1-8-6-12(9-2-4-10(5-3-9)15(16,17)18)20-13-11(14(22)23)7-19-21(8)13/h2-7H,1H3,(H,22,23). The molecule has 1 N–H and O–H groups in total. The molecule has 0 atom stereocenters. The number of alkyl halides is 3. The number of aryl methyl sites for hydroxylation is 1. The van der Waals surface area contributed by atoms with Gasteiger partial charge in [-0.3, -0.25) is 0 Å². The van der Waals surface area contributed by atoms with E-state index in [1.807, 2.05) is 0 Å². The number of carboxylic acids is 1. The molecule has 2 aromatic heterocycles. The lowest BCUT2D eigenvalue weighted by atomic mass is 10.1. The van der Waals surface area contributed by atoms with E-state index in [1.54, 1.807) is 13.0 Å². The van der Waals surface area contributed by atoms with E-state index in [-0.39, 0.29) is 11.2 Å². The highest BCUT2D eigenvalue weighted by Gasteiger charge is 2.30. The molecule has 5 nitrogen and oxygen atoms in total. The molecule has 2 heterocycles. The fourth-order valence-corrected chi connectivity index (χ4v) is 2.24. The van der Waals surface area contributed by atoms with Crippen molar-refractivity contribution in [2.75, 3.05) is 0 Å². The molecule has 0 saturated heterocycles. The number of rotatable bonds is 2. The minimum absolute atomic E-state index is 0.0677. The van der Waals surface area contributed by atoms with E-state index >= 15 is 0 Å². The molecule has 0 radical (unpaired) electrons. The molecule has 3 rings (SSSR count). The second kappa shape index (κ2) is 5.08. The summed E-state index contributed by atoms with van der Waals surface area (Å²) in [7, 11) is 0. The fourth-order valence-electron chi connectivity index (χ4n) is 2.24. The lowest BCUT2D eigenvalue weighted by Crippen LogP contribution is -2.04. The first-order valence-corrected chi connectivity index (χ1v) is 6.53. The molecule has 0 unspecified atom stereocenters. The second-order valence-corrected chi connectivity index (χ2v) is 4.96. The van der Waals surface area contributed by atoms with Crippen molar-refractivity contribution >= 4 is 11.6 Å². The summed E-state index contributed by atoms with van der Waals surface area (Å²) in [4.78, 5) is 15.4. The third-order valence-corrected chi connectivity index (χ3v) is 3.39. The molecule has 0 aliphatic heterocycles. The molecule has 1 aromatic carbocycles. The van der Waals surface area contributed by atoms with Gasteiger partial charge in [-0.05, 0) is 25.1 Å². The summed E-state index contributed by atoms with van der Waals surface area (Å²) in [5.74, 6) is -1.17. The maximum Gasteiger partial charge on any atom is 0.416 e. The topological polar surface area (TPSA) is 67.5 Å². The van der Waals surface area contributed by atoms with Crippen molar-refractivity contribution in [3.8, 4) is 11.3 Å². The Bertz CT molecular complexity index is 899. The Morgan fingerprint density at radius 1 is 1.22 bits per heavy atom. The molecule has 3 aromatic rings. The lowest BCUT2D eigenvalue weighted by Gasteiger charge is -2.08. The first-order valence-electron chi connectivity index (χ1n) is 6.53. The van der Waals surface area contributed by atoms with E-state index in [1.165, 1.54) is 22.8 Å². The number of benzene rings is 1. The summed E-state index contributed by atoms with van der Waals surface area (Å²) in [6.45, 7) is 1.71. The molecule has 0 saturated carbocycles. The van der Waals surface area contributed by atoms with Crippen molar-refractivity contribution < 1.29 is 23.1 Å². The van der Waals surface area contributed by atoms with Gasteiger partial charge in [-0.2, -0.15) is 18.3 Å². The molecule has 0 fully saturated rings. The predicted molar refractivity (Wildman–Crippen MR) is 75.1 cm³/mol. The first-order chi connectivity index (χ1) is 10.8. The molecular formula is C15H10F3N3O2. The van der Waals surface area contributed by atoms with Gasteiger partial charge in [0.25, 0.3) is 0 Å². The maximum atomic E-state index is 12.6. The van der Waals surface area contributed by atoms with Gasteiger partial charge in [0.15, 0.2) is 5.65 Å². The van der Waals surface area contributed by atoms with Crippen LogP contribution in [0.15, 0.2) is 36.5 Å². The smallest absolute Gasteiger partial charge is 0.416 e. The molecule has 0 aliphatic rings. The van der Waals surface area contributed by atoms with Gasteiger partial charge in [-0.15, -0.1) is 0 Å². The number of carbonyl (C=O) groups is 1.